The van der Waals surface area contributed by atoms with Gasteiger partial charge in [0.1, 0.15) is 34.4 Å². The Kier molecular flexibility index (Phi) is 13.6. The summed E-state index contributed by atoms with van der Waals surface area (Å²) in [6.45, 7) is 6.45. The summed E-state index contributed by atoms with van der Waals surface area (Å²) < 4.78 is 22.4. The summed E-state index contributed by atoms with van der Waals surface area (Å²) in [6.07, 6.45) is 0. The van der Waals surface area contributed by atoms with Crippen LogP contribution in [0, 0.1) is 23.4 Å². The van der Waals surface area contributed by atoms with Crippen molar-refractivity contribution in [2.24, 2.45) is 10.2 Å². The fourth-order valence-corrected chi connectivity index (χ4v) is 4.06. The van der Waals surface area contributed by atoms with Crippen molar-refractivity contribution in [2.45, 2.75) is 27.7 Å². The van der Waals surface area contributed by atoms with Crippen LogP contribution >= 0.6 is 24.4 Å². The summed E-state index contributed by atoms with van der Waals surface area (Å²) in [5, 5.41) is 44.9. The van der Waals surface area contributed by atoms with Crippen molar-refractivity contribution in [1.82, 2.24) is 29.7 Å². The van der Waals surface area contributed by atoms with Crippen molar-refractivity contribution >= 4 is 35.9 Å². The molecule has 4 aromatic rings. The molecule has 0 fully saturated rings. The maximum atomic E-state index is 12.1. The first-order valence-corrected chi connectivity index (χ1v) is 13.9. The minimum Gasteiger partial charge on any atom is -0.867 e. The van der Waals surface area contributed by atoms with Gasteiger partial charge in [0.2, 0.25) is 9.54 Å². The van der Waals surface area contributed by atoms with E-state index >= 15 is 0 Å². The molecule has 2 aromatic heterocycles. The smallest absolute Gasteiger partial charge is 0.867 e. The van der Waals surface area contributed by atoms with E-state index in [-0.39, 0.29) is 72.2 Å². The second-order valence-corrected chi connectivity index (χ2v) is 10.0. The zero-order valence-electron chi connectivity index (χ0n) is 26.4. The monoisotopic (exact) mass is 729 g/mol. The molecule has 0 atom stereocenters. The SMILES string of the molecule is COc1cc(C(C)=Nn2c(=S)[nH]nc(C)c2=O)cc(OC)c1[O-].COc1cc(C(C)=Nn2c(=S)[nH]nc(C)c2=O)cc(OC)c1[O-].[Co+2]. The van der Waals surface area contributed by atoms with Crippen molar-refractivity contribution in [3.05, 3.63) is 77.0 Å². The Hall–Kier alpha value is -4.85. The molecule has 1 radical (unpaired) electrons. The second kappa shape index (κ2) is 16.6. The van der Waals surface area contributed by atoms with E-state index in [1.165, 1.54) is 52.7 Å². The average Bonchev–Trinajstić information content (AvgIpc) is 3.05. The summed E-state index contributed by atoms with van der Waals surface area (Å²) in [4.78, 5) is 24.1. The minimum absolute atomic E-state index is 0. The molecule has 2 aromatic carbocycles. The normalized spacial score (nSPS) is 11.1. The van der Waals surface area contributed by atoms with Gasteiger partial charge in [-0.25, -0.2) is 0 Å². The molecule has 0 unspecified atom stereocenters. The zero-order valence-corrected chi connectivity index (χ0v) is 29.1. The van der Waals surface area contributed by atoms with Crippen molar-refractivity contribution < 1.29 is 45.9 Å². The van der Waals surface area contributed by atoms with Crippen LogP contribution in [0.4, 0.5) is 0 Å². The number of hydrogen-bond acceptors (Lipinski definition) is 14. The van der Waals surface area contributed by atoms with Crippen LogP contribution < -0.4 is 40.3 Å². The first-order chi connectivity index (χ1) is 21.8. The molecule has 47 heavy (non-hydrogen) atoms. The van der Waals surface area contributed by atoms with E-state index in [2.05, 4.69) is 30.6 Å². The first kappa shape index (κ1) is 38.3. The Morgan fingerprint density at radius 3 is 1.21 bits per heavy atom. The Morgan fingerprint density at radius 2 is 0.957 bits per heavy atom. The van der Waals surface area contributed by atoms with Crippen LogP contribution in [0.3, 0.4) is 0 Å². The largest absolute Gasteiger partial charge is 2.00 e. The molecule has 251 valence electrons. The molecule has 0 aliphatic heterocycles. The number of hydrogen-bond donors (Lipinski definition) is 2. The van der Waals surface area contributed by atoms with Gasteiger partial charge in [-0.15, -0.1) is 0 Å². The van der Waals surface area contributed by atoms with Crippen LogP contribution in [0.15, 0.2) is 44.1 Å². The Balaban J connectivity index is 0.000000320. The van der Waals surface area contributed by atoms with Gasteiger partial charge in [-0.05, 0) is 87.9 Å². The fourth-order valence-electron chi connectivity index (χ4n) is 3.72. The molecule has 4 rings (SSSR count). The van der Waals surface area contributed by atoms with Gasteiger partial charge in [0, 0.05) is 11.1 Å². The number of benzene rings is 2. The predicted octanol–water partition coefficient (Wildman–Crippen LogP) is 1.94. The van der Waals surface area contributed by atoms with E-state index in [1.807, 2.05) is 0 Å². The predicted molar refractivity (Wildman–Crippen MR) is 170 cm³/mol. The zero-order chi connectivity index (χ0) is 34.3. The van der Waals surface area contributed by atoms with Crippen molar-refractivity contribution in [2.75, 3.05) is 28.4 Å². The van der Waals surface area contributed by atoms with Gasteiger partial charge in [0.05, 0.1) is 39.9 Å². The van der Waals surface area contributed by atoms with Crippen LogP contribution in [0.1, 0.15) is 36.4 Å². The van der Waals surface area contributed by atoms with Gasteiger partial charge in [-0.2, -0.15) is 29.8 Å². The third-order valence-electron chi connectivity index (χ3n) is 6.28. The molecule has 0 aliphatic carbocycles. The molecule has 0 spiro atoms. The molecule has 0 aliphatic rings. The molecule has 0 amide bonds. The number of rotatable bonds is 8. The number of H-pyrrole nitrogens is 2. The van der Waals surface area contributed by atoms with Gasteiger partial charge >= 0.3 is 16.8 Å². The summed E-state index contributed by atoms with van der Waals surface area (Å²) in [6, 6.07) is 6.09. The Labute approximate surface area is 288 Å². The topological polar surface area (TPSA) is 209 Å². The molecule has 2 N–H and O–H groups in total. The van der Waals surface area contributed by atoms with Crippen molar-refractivity contribution in [3.8, 4) is 34.5 Å². The Bertz CT molecular complexity index is 1870. The van der Waals surface area contributed by atoms with E-state index in [0.29, 0.717) is 22.6 Å². The number of methoxy groups -OCH3 is 4. The van der Waals surface area contributed by atoms with Gasteiger partial charge in [-0.3, -0.25) is 19.8 Å². The van der Waals surface area contributed by atoms with Gasteiger partial charge in [-0.1, -0.05) is 0 Å². The van der Waals surface area contributed by atoms with Crippen LogP contribution in [-0.2, 0) is 16.8 Å². The summed E-state index contributed by atoms with van der Waals surface area (Å²) in [5.74, 6) is -0.231. The first-order valence-electron chi connectivity index (χ1n) is 13.1. The summed E-state index contributed by atoms with van der Waals surface area (Å²) in [7, 11) is 5.55. The van der Waals surface area contributed by atoms with E-state index in [9.17, 15) is 19.8 Å². The molecule has 2 heterocycles. The van der Waals surface area contributed by atoms with E-state index in [1.54, 1.807) is 27.7 Å². The summed E-state index contributed by atoms with van der Waals surface area (Å²) >= 11 is 10.0. The molecule has 0 saturated heterocycles. The van der Waals surface area contributed by atoms with Crippen molar-refractivity contribution in [3.63, 3.8) is 0 Å². The quantitative estimate of drug-likeness (QED) is 0.197. The molecular weight excluding hydrogens is 699 g/mol. The van der Waals surface area contributed by atoms with Crippen molar-refractivity contribution in [1.29, 1.82) is 0 Å². The summed E-state index contributed by atoms with van der Waals surface area (Å²) in [5.41, 5.74) is 1.66. The molecule has 0 bridgehead atoms. The number of aromatic amines is 2. The van der Waals surface area contributed by atoms with Gasteiger partial charge < -0.3 is 29.2 Å². The Morgan fingerprint density at radius 1 is 0.681 bits per heavy atom. The van der Waals surface area contributed by atoms with Gasteiger partial charge in [0.25, 0.3) is 11.1 Å². The van der Waals surface area contributed by atoms with Crippen LogP contribution in [0.25, 0.3) is 0 Å². The van der Waals surface area contributed by atoms with Crippen LogP contribution in [0.2, 0.25) is 0 Å². The maximum Gasteiger partial charge on any atom is 2.00 e. The van der Waals surface area contributed by atoms with Crippen LogP contribution in [0.5, 0.6) is 34.5 Å². The molecule has 16 nitrogen and oxygen atoms in total. The minimum atomic E-state index is -0.424. The maximum absolute atomic E-state index is 12.1. The molecule has 0 saturated carbocycles. The van der Waals surface area contributed by atoms with E-state index < -0.39 is 11.1 Å². The number of nitrogens with one attached hydrogen (secondary N) is 2. The molecular formula is C28H30CoN8O8S2. The van der Waals surface area contributed by atoms with Gasteiger partial charge in [0.15, 0.2) is 0 Å². The number of nitrogens with zero attached hydrogens (tertiary/aromatic N) is 6. The fraction of sp³-hybridized carbons (Fsp3) is 0.286. The second-order valence-electron chi connectivity index (χ2n) is 9.25. The third kappa shape index (κ3) is 8.70. The molecule has 19 heteroatoms. The standard InChI is InChI=1S/2C14H16N4O4S.Co/c2*1-7(17-18-13(20)8(2)15-16-14(18)23)9-5-10(21-3)12(19)11(6-9)22-4;/h2*5-6,19H,1-4H3,(H,16,23);/q;;+2/p-2. The van der Waals surface area contributed by atoms with E-state index in [4.69, 9.17) is 43.4 Å². The average molecular weight is 730 g/mol. The third-order valence-corrected chi connectivity index (χ3v) is 6.81. The number of ether oxygens (including phenoxy) is 4. The number of aryl methyl sites for hydroxylation is 2. The van der Waals surface area contributed by atoms with Crippen LogP contribution in [-0.4, -0.2) is 69.6 Å². The van der Waals surface area contributed by atoms with E-state index in [0.717, 1.165) is 9.35 Å². The number of aromatic nitrogens is 6.